The molecule has 0 bridgehead atoms. The molecule has 0 radical (unpaired) electrons. The second kappa shape index (κ2) is 11.5. The smallest absolute Gasteiger partial charge is 0.259 e. The Morgan fingerprint density at radius 2 is 1.58 bits per heavy atom. The van der Waals surface area contributed by atoms with Gasteiger partial charge in [-0.3, -0.25) is 4.79 Å². The lowest BCUT2D eigenvalue weighted by Gasteiger charge is -2.31. The molecule has 0 spiro atoms. The molecule has 0 aromatic heterocycles. The van der Waals surface area contributed by atoms with Crippen LogP contribution in [0.1, 0.15) is 24.2 Å². The fourth-order valence-electron chi connectivity index (χ4n) is 3.71. The molecule has 1 fully saturated rings. The van der Waals surface area contributed by atoms with E-state index in [-0.39, 0.29) is 11.7 Å². The summed E-state index contributed by atoms with van der Waals surface area (Å²) in [7, 11) is 4.49. The highest BCUT2D eigenvalue weighted by molar-refractivity contribution is 6.08. The van der Waals surface area contributed by atoms with Crippen molar-refractivity contribution < 1.29 is 33.2 Å². The Balaban J connectivity index is 2.00. The van der Waals surface area contributed by atoms with Crippen molar-refractivity contribution in [1.82, 2.24) is 0 Å². The number of carbonyl (C=O) groups is 1. The summed E-state index contributed by atoms with van der Waals surface area (Å²) in [5, 5.41) is 2.94. The highest BCUT2D eigenvalue weighted by Gasteiger charge is 2.24. The van der Waals surface area contributed by atoms with E-state index in [1.54, 1.807) is 18.2 Å². The van der Waals surface area contributed by atoms with Crippen LogP contribution in [-0.4, -0.2) is 66.8 Å². The van der Waals surface area contributed by atoms with Crippen molar-refractivity contribution in [2.45, 2.75) is 13.8 Å². The molecule has 0 saturated carbocycles. The van der Waals surface area contributed by atoms with Gasteiger partial charge in [0.15, 0.2) is 11.5 Å². The fraction of sp³-hybridized carbons (Fsp3) is 0.458. The monoisotopic (exact) mass is 460 g/mol. The van der Waals surface area contributed by atoms with Crippen LogP contribution in [0.5, 0.6) is 28.7 Å². The van der Waals surface area contributed by atoms with Crippen LogP contribution in [0.25, 0.3) is 0 Å². The highest BCUT2D eigenvalue weighted by Crippen LogP contribution is 2.42. The van der Waals surface area contributed by atoms with Crippen molar-refractivity contribution >= 4 is 17.3 Å². The van der Waals surface area contributed by atoms with Gasteiger partial charge >= 0.3 is 0 Å². The summed E-state index contributed by atoms with van der Waals surface area (Å²) >= 11 is 0. The van der Waals surface area contributed by atoms with E-state index in [0.717, 1.165) is 18.8 Å². The molecule has 2 aromatic rings. The largest absolute Gasteiger partial charge is 0.493 e. The Bertz CT molecular complexity index is 958. The Labute approximate surface area is 194 Å². The first kappa shape index (κ1) is 24.3. The Kier molecular flexibility index (Phi) is 8.48. The number of morpholine rings is 1. The normalized spacial score (nSPS) is 13.3. The molecular weight excluding hydrogens is 428 g/mol. The van der Waals surface area contributed by atoms with E-state index in [4.69, 9.17) is 28.4 Å². The number of nitrogens with one attached hydrogen (secondary N) is 1. The summed E-state index contributed by atoms with van der Waals surface area (Å²) < 4.78 is 33.4. The van der Waals surface area contributed by atoms with Gasteiger partial charge in [0.2, 0.25) is 5.75 Å². The number of hydrogen-bond acceptors (Lipinski definition) is 8. The molecule has 33 heavy (non-hydrogen) atoms. The number of benzene rings is 2. The minimum Gasteiger partial charge on any atom is -0.493 e. The van der Waals surface area contributed by atoms with Crippen LogP contribution in [0.3, 0.4) is 0 Å². The molecule has 1 heterocycles. The number of anilines is 2. The standard InChI is InChI=1S/C24H32N2O7/c1-6-32-20-15-18(26-10-12-31-13-11-26)21(33-7-2)14-17(20)25-24(27)16-8-9-19(28-3)23(30-5)22(16)29-4/h8-9,14-15H,6-7,10-13H2,1-5H3,(H,25,27). The maximum Gasteiger partial charge on any atom is 0.259 e. The van der Waals surface area contributed by atoms with E-state index in [0.29, 0.717) is 60.7 Å². The summed E-state index contributed by atoms with van der Waals surface area (Å²) in [6.07, 6.45) is 0. The van der Waals surface area contributed by atoms with Crippen LogP contribution in [0, 0.1) is 0 Å². The van der Waals surface area contributed by atoms with Gasteiger partial charge in [-0.1, -0.05) is 0 Å². The first-order valence-electron chi connectivity index (χ1n) is 10.9. The van der Waals surface area contributed by atoms with E-state index < -0.39 is 0 Å². The van der Waals surface area contributed by atoms with Crippen LogP contribution < -0.4 is 33.9 Å². The van der Waals surface area contributed by atoms with Crippen molar-refractivity contribution in [3.63, 3.8) is 0 Å². The Hall–Kier alpha value is -3.33. The third-order valence-corrected chi connectivity index (χ3v) is 5.21. The average molecular weight is 461 g/mol. The van der Waals surface area contributed by atoms with Gasteiger partial charge in [-0.2, -0.15) is 0 Å². The second-order valence-electron chi connectivity index (χ2n) is 7.12. The predicted octanol–water partition coefficient (Wildman–Crippen LogP) is 3.60. The maximum atomic E-state index is 13.3. The zero-order valence-corrected chi connectivity index (χ0v) is 19.9. The zero-order chi connectivity index (χ0) is 23.8. The van der Waals surface area contributed by atoms with Gasteiger partial charge in [0.05, 0.1) is 64.7 Å². The number of ether oxygens (including phenoxy) is 6. The van der Waals surface area contributed by atoms with Gasteiger partial charge in [0.1, 0.15) is 11.5 Å². The molecule has 180 valence electrons. The van der Waals surface area contributed by atoms with E-state index >= 15 is 0 Å². The highest BCUT2D eigenvalue weighted by atomic mass is 16.5. The lowest BCUT2D eigenvalue weighted by atomic mass is 10.1. The predicted molar refractivity (Wildman–Crippen MR) is 126 cm³/mol. The third-order valence-electron chi connectivity index (χ3n) is 5.21. The quantitative estimate of drug-likeness (QED) is 0.576. The second-order valence-corrected chi connectivity index (χ2v) is 7.12. The summed E-state index contributed by atoms with van der Waals surface area (Å²) in [5.41, 5.74) is 1.71. The molecule has 0 aliphatic carbocycles. The van der Waals surface area contributed by atoms with Gasteiger partial charge in [0, 0.05) is 25.2 Å². The number of rotatable bonds is 10. The van der Waals surface area contributed by atoms with E-state index in [9.17, 15) is 4.79 Å². The van der Waals surface area contributed by atoms with Crippen LogP contribution >= 0.6 is 0 Å². The van der Waals surface area contributed by atoms with Gasteiger partial charge in [-0.25, -0.2) is 0 Å². The molecule has 1 aliphatic heterocycles. The van der Waals surface area contributed by atoms with Crippen molar-refractivity contribution in [1.29, 1.82) is 0 Å². The van der Waals surface area contributed by atoms with Crippen LogP contribution in [0.2, 0.25) is 0 Å². The lowest BCUT2D eigenvalue weighted by molar-refractivity contribution is 0.102. The molecule has 1 aliphatic rings. The zero-order valence-electron chi connectivity index (χ0n) is 19.9. The summed E-state index contributed by atoms with van der Waals surface area (Å²) in [6, 6.07) is 6.99. The van der Waals surface area contributed by atoms with Gasteiger partial charge in [-0.15, -0.1) is 0 Å². The molecule has 1 amide bonds. The lowest BCUT2D eigenvalue weighted by Crippen LogP contribution is -2.36. The van der Waals surface area contributed by atoms with Crippen molar-refractivity contribution in [3.05, 3.63) is 29.8 Å². The molecule has 2 aromatic carbocycles. The molecule has 9 heteroatoms. The van der Waals surface area contributed by atoms with Crippen molar-refractivity contribution in [2.75, 3.05) is 71.1 Å². The Morgan fingerprint density at radius 1 is 0.909 bits per heavy atom. The van der Waals surface area contributed by atoms with E-state index in [2.05, 4.69) is 10.2 Å². The number of nitrogens with zero attached hydrogens (tertiary/aromatic N) is 1. The molecule has 9 nitrogen and oxygen atoms in total. The van der Waals surface area contributed by atoms with Crippen LogP contribution in [0.15, 0.2) is 24.3 Å². The van der Waals surface area contributed by atoms with Crippen molar-refractivity contribution in [2.24, 2.45) is 0 Å². The Morgan fingerprint density at radius 3 is 2.18 bits per heavy atom. The van der Waals surface area contributed by atoms with Crippen molar-refractivity contribution in [3.8, 4) is 28.7 Å². The molecule has 1 saturated heterocycles. The molecule has 0 atom stereocenters. The molecule has 1 N–H and O–H groups in total. The number of hydrogen-bond donors (Lipinski definition) is 1. The molecular formula is C24H32N2O7. The molecule has 0 unspecified atom stereocenters. The maximum absolute atomic E-state index is 13.3. The summed E-state index contributed by atoms with van der Waals surface area (Å²) in [5.74, 6) is 1.93. The fourth-order valence-corrected chi connectivity index (χ4v) is 3.71. The third kappa shape index (κ3) is 5.36. The minimum atomic E-state index is -0.379. The van der Waals surface area contributed by atoms with Gasteiger partial charge < -0.3 is 38.6 Å². The van der Waals surface area contributed by atoms with Gasteiger partial charge in [0.25, 0.3) is 5.91 Å². The molecule has 3 rings (SSSR count). The summed E-state index contributed by atoms with van der Waals surface area (Å²) in [6.45, 7) is 7.54. The van der Waals surface area contributed by atoms with Gasteiger partial charge in [-0.05, 0) is 26.0 Å². The van der Waals surface area contributed by atoms with Crippen LogP contribution in [0.4, 0.5) is 11.4 Å². The number of carbonyl (C=O) groups excluding carboxylic acids is 1. The number of methoxy groups -OCH3 is 3. The summed E-state index contributed by atoms with van der Waals surface area (Å²) in [4.78, 5) is 15.5. The topological polar surface area (TPSA) is 87.7 Å². The SMILES string of the molecule is CCOc1cc(N2CCOCC2)c(OCC)cc1NC(=O)c1ccc(OC)c(OC)c1OC. The van der Waals surface area contributed by atoms with Crippen LogP contribution in [-0.2, 0) is 4.74 Å². The first-order chi connectivity index (χ1) is 16.1. The minimum absolute atomic E-state index is 0.280. The average Bonchev–Trinajstić information content (AvgIpc) is 2.85. The first-order valence-corrected chi connectivity index (χ1v) is 10.9. The van der Waals surface area contributed by atoms with E-state index in [1.165, 1.54) is 21.3 Å². The van der Waals surface area contributed by atoms with E-state index in [1.807, 2.05) is 19.9 Å². The number of amides is 1.